The lowest BCUT2D eigenvalue weighted by atomic mass is 10.2. The number of hydrogen-bond donors (Lipinski definition) is 2. The monoisotopic (exact) mass is 424 g/mol. The Bertz CT molecular complexity index is 646. The summed E-state index contributed by atoms with van der Waals surface area (Å²) in [5.74, 6) is 1.69. The fourth-order valence-corrected chi connectivity index (χ4v) is 2.61. The van der Waals surface area contributed by atoms with Crippen LogP contribution in [0.2, 0.25) is 0 Å². The van der Waals surface area contributed by atoms with Crippen molar-refractivity contribution in [2.45, 2.75) is 6.42 Å². The largest absolute Gasteiger partial charge is 0.367 e. The molecule has 0 radical (unpaired) electrons. The second kappa shape index (κ2) is 8.66. The number of halogens is 1. The Morgan fingerprint density at radius 2 is 2.13 bits per heavy atom. The molecule has 6 nitrogen and oxygen atoms in total. The average Bonchev–Trinajstić information content (AvgIpc) is 3.00. The molecule has 1 aromatic carbocycles. The Morgan fingerprint density at radius 1 is 1.26 bits per heavy atom. The number of nitrogens with zero attached hydrogens (tertiary/aromatic N) is 4. The Hall–Kier alpha value is -1.90. The first-order chi connectivity index (χ1) is 10.9. The summed E-state index contributed by atoms with van der Waals surface area (Å²) in [6.07, 6.45) is 6.12. The molecule has 2 aromatic rings. The summed E-state index contributed by atoms with van der Waals surface area (Å²) in [7, 11) is 1.82. The minimum absolute atomic E-state index is 0. The van der Waals surface area contributed by atoms with Crippen LogP contribution in [0, 0.1) is 0 Å². The number of fused-ring (bicyclic) bond motifs is 1. The van der Waals surface area contributed by atoms with Crippen LogP contribution in [0.25, 0.3) is 0 Å². The molecule has 0 unspecified atom stereocenters. The van der Waals surface area contributed by atoms with Crippen molar-refractivity contribution in [3.05, 3.63) is 48.4 Å². The maximum atomic E-state index is 4.39. The first kappa shape index (κ1) is 17.5. The number of rotatable bonds is 4. The second-order valence-corrected chi connectivity index (χ2v) is 5.02. The maximum absolute atomic E-state index is 4.39. The van der Waals surface area contributed by atoms with Gasteiger partial charge < -0.3 is 15.5 Å². The van der Waals surface area contributed by atoms with E-state index in [-0.39, 0.29) is 24.0 Å². The highest BCUT2D eigenvalue weighted by atomic mass is 127. The summed E-state index contributed by atoms with van der Waals surface area (Å²) in [6.45, 7) is 2.49. The molecule has 0 fully saturated rings. The van der Waals surface area contributed by atoms with Gasteiger partial charge in [0.25, 0.3) is 0 Å². The number of nitrogens with one attached hydrogen (secondary N) is 2. The molecule has 23 heavy (non-hydrogen) atoms. The van der Waals surface area contributed by atoms with Crippen molar-refractivity contribution in [1.82, 2.24) is 15.3 Å². The first-order valence-corrected chi connectivity index (χ1v) is 7.44. The van der Waals surface area contributed by atoms with Crippen LogP contribution in [0.15, 0.2) is 47.8 Å². The highest BCUT2D eigenvalue weighted by Crippen LogP contribution is 2.27. The lowest BCUT2D eigenvalue weighted by Crippen LogP contribution is -2.42. The van der Waals surface area contributed by atoms with Crippen LogP contribution in [-0.4, -0.2) is 42.6 Å². The molecule has 0 bridgehead atoms. The van der Waals surface area contributed by atoms with Gasteiger partial charge in [-0.05, 0) is 18.1 Å². The number of benzene rings is 1. The standard InChI is InChI=1S/C16H20N6.HI/c1-17-16(21-10-9-20-15-12-18-7-8-19-15)22-11-6-13-4-2-3-5-14(13)22;/h2-5,7-8,12H,6,9-11H2,1H3,(H,17,21)(H,19,20);1H. The third-order valence-corrected chi connectivity index (χ3v) is 3.63. The molecule has 2 N–H and O–H groups in total. The van der Waals surface area contributed by atoms with E-state index in [4.69, 9.17) is 0 Å². The SMILES string of the molecule is CN=C(NCCNc1cnccn1)N1CCc2ccccc21.I. The Morgan fingerprint density at radius 3 is 2.91 bits per heavy atom. The number of para-hydroxylation sites is 1. The van der Waals surface area contributed by atoms with E-state index >= 15 is 0 Å². The number of hydrogen-bond acceptors (Lipinski definition) is 4. The van der Waals surface area contributed by atoms with Crippen LogP contribution in [0.3, 0.4) is 0 Å². The van der Waals surface area contributed by atoms with Gasteiger partial charge >= 0.3 is 0 Å². The fourth-order valence-electron chi connectivity index (χ4n) is 2.61. The molecule has 2 heterocycles. The van der Waals surface area contributed by atoms with Gasteiger partial charge in [0.1, 0.15) is 5.82 Å². The predicted molar refractivity (Wildman–Crippen MR) is 105 cm³/mol. The number of aromatic nitrogens is 2. The average molecular weight is 424 g/mol. The van der Waals surface area contributed by atoms with Crippen LogP contribution in [-0.2, 0) is 6.42 Å². The second-order valence-electron chi connectivity index (χ2n) is 5.02. The highest BCUT2D eigenvalue weighted by molar-refractivity contribution is 14.0. The lowest BCUT2D eigenvalue weighted by molar-refractivity contribution is 0.863. The lowest BCUT2D eigenvalue weighted by Gasteiger charge is -2.22. The molecule has 1 aromatic heterocycles. The molecule has 3 rings (SSSR count). The smallest absolute Gasteiger partial charge is 0.198 e. The van der Waals surface area contributed by atoms with Gasteiger partial charge in [-0.15, -0.1) is 24.0 Å². The van der Waals surface area contributed by atoms with E-state index < -0.39 is 0 Å². The summed E-state index contributed by atoms with van der Waals surface area (Å²) in [5, 5.41) is 6.61. The van der Waals surface area contributed by atoms with Gasteiger partial charge in [0.05, 0.1) is 6.20 Å². The van der Waals surface area contributed by atoms with E-state index in [1.807, 2.05) is 7.05 Å². The molecule has 0 saturated carbocycles. The zero-order valence-corrected chi connectivity index (χ0v) is 15.4. The molecule has 122 valence electrons. The van der Waals surface area contributed by atoms with E-state index in [0.717, 1.165) is 37.8 Å². The van der Waals surface area contributed by atoms with Gasteiger partial charge in [0.2, 0.25) is 0 Å². The van der Waals surface area contributed by atoms with E-state index in [2.05, 4.69) is 54.8 Å². The summed E-state index contributed by atoms with van der Waals surface area (Å²) in [4.78, 5) is 14.8. The number of aliphatic imine (C=N–C) groups is 1. The summed E-state index contributed by atoms with van der Waals surface area (Å²) >= 11 is 0. The number of anilines is 2. The first-order valence-electron chi connectivity index (χ1n) is 7.44. The van der Waals surface area contributed by atoms with Crippen molar-refractivity contribution in [3.63, 3.8) is 0 Å². The minimum atomic E-state index is 0. The fraction of sp³-hybridized carbons (Fsp3) is 0.312. The van der Waals surface area contributed by atoms with Crippen molar-refractivity contribution in [2.24, 2.45) is 4.99 Å². The normalized spacial score (nSPS) is 13.3. The van der Waals surface area contributed by atoms with E-state index in [9.17, 15) is 0 Å². The van der Waals surface area contributed by atoms with E-state index in [0.29, 0.717) is 0 Å². The minimum Gasteiger partial charge on any atom is -0.367 e. The van der Waals surface area contributed by atoms with Crippen molar-refractivity contribution in [3.8, 4) is 0 Å². The van der Waals surface area contributed by atoms with Gasteiger partial charge in [0, 0.05) is 44.8 Å². The Labute approximate surface area is 153 Å². The molecule has 1 aliphatic heterocycles. The van der Waals surface area contributed by atoms with Gasteiger partial charge in [-0.25, -0.2) is 4.98 Å². The van der Waals surface area contributed by atoms with E-state index in [1.165, 1.54) is 11.3 Å². The molecule has 7 heteroatoms. The molecule has 0 aliphatic carbocycles. The van der Waals surface area contributed by atoms with Gasteiger partial charge in [0.15, 0.2) is 5.96 Å². The van der Waals surface area contributed by atoms with Crippen LogP contribution >= 0.6 is 24.0 Å². The molecular formula is C16H21IN6. The summed E-state index contributed by atoms with van der Waals surface area (Å²) < 4.78 is 0. The molecule has 0 saturated heterocycles. The predicted octanol–water partition coefficient (Wildman–Crippen LogP) is 2.14. The van der Waals surface area contributed by atoms with Crippen molar-refractivity contribution in [2.75, 3.05) is 36.9 Å². The van der Waals surface area contributed by atoms with Crippen LogP contribution < -0.4 is 15.5 Å². The molecular weight excluding hydrogens is 403 g/mol. The van der Waals surface area contributed by atoms with Crippen LogP contribution in [0.4, 0.5) is 11.5 Å². The number of guanidine groups is 1. The van der Waals surface area contributed by atoms with Gasteiger partial charge in [-0.2, -0.15) is 0 Å². The quantitative estimate of drug-likeness (QED) is 0.341. The molecule has 0 amide bonds. The highest BCUT2D eigenvalue weighted by Gasteiger charge is 2.21. The Kier molecular flexibility index (Phi) is 6.57. The maximum Gasteiger partial charge on any atom is 0.198 e. The van der Waals surface area contributed by atoms with Crippen molar-refractivity contribution >= 4 is 41.4 Å². The van der Waals surface area contributed by atoms with Crippen LogP contribution in [0.5, 0.6) is 0 Å². The molecule has 0 atom stereocenters. The molecule has 1 aliphatic rings. The Balaban J connectivity index is 0.00000192. The molecule has 0 spiro atoms. The van der Waals surface area contributed by atoms with Crippen LogP contribution in [0.1, 0.15) is 5.56 Å². The summed E-state index contributed by atoms with van der Waals surface area (Å²) in [6, 6.07) is 8.48. The topological polar surface area (TPSA) is 65.4 Å². The third kappa shape index (κ3) is 4.31. The zero-order valence-electron chi connectivity index (χ0n) is 13.1. The summed E-state index contributed by atoms with van der Waals surface area (Å²) in [5.41, 5.74) is 2.63. The zero-order chi connectivity index (χ0) is 15.2. The van der Waals surface area contributed by atoms with Gasteiger partial charge in [-0.1, -0.05) is 18.2 Å². The van der Waals surface area contributed by atoms with Crippen molar-refractivity contribution in [1.29, 1.82) is 0 Å². The van der Waals surface area contributed by atoms with E-state index in [1.54, 1.807) is 18.6 Å². The van der Waals surface area contributed by atoms with Crippen molar-refractivity contribution < 1.29 is 0 Å². The third-order valence-electron chi connectivity index (χ3n) is 3.63. The van der Waals surface area contributed by atoms with Gasteiger partial charge in [-0.3, -0.25) is 9.98 Å².